The molecular formula is C15H20N4O2. The number of methoxy groups -OCH3 is 1. The zero-order valence-electron chi connectivity index (χ0n) is 12.1. The number of esters is 1. The fourth-order valence-corrected chi connectivity index (χ4v) is 2.90. The monoisotopic (exact) mass is 288 g/mol. The number of carbonyl (C=O) groups is 1. The smallest absolute Gasteiger partial charge is 0.305 e. The molecule has 3 N–H and O–H groups in total. The summed E-state index contributed by atoms with van der Waals surface area (Å²) in [7, 11) is 1.44. The van der Waals surface area contributed by atoms with Crippen molar-refractivity contribution in [1.29, 1.82) is 0 Å². The number of aromatic amines is 1. The van der Waals surface area contributed by atoms with Gasteiger partial charge in [0.2, 0.25) is 0 Å². The minimum atomic E-state index is -0.124. The van der Waals surface area contributed by atoms with Gasteiger partial charge in [0.15, 0.2) is 0 Å². The number of rotatable bonds is 4. The van der Waals surface area contributed by atoms with Crippen LogP contribution in [0.2, 0.25) is 0 Å². The molecule has 2 aromatic rings. The third-order valence-corrected chi connectivity index (χ3v) is 3.98. The van der Waals surface area contributed by atoms with Crippen molar-refractivity contribution < 1.29 is 9.53 Å². The quantitative estimate of drug-likeness (QED) is 0.658. The second-order valence-electron chi connectivity index (χ2n) is 5.63. The number of hydrogen-bond acceptors (Lipinski definition) is 5. The van der Waals surface area contributed by atoms with Crippen molar-refractivity contribution in [2.45, 2.75) is 19.4 Å². The van der Waals surface area contributed by atoms with Crippen LogP contribution in [0.15, 0.2) is 18.2 Å². The first kappa shape index (κ1) is 13.9. The Bertz CT molecular complexity index is 652. The molecule has 6 heteroatoms. The normalized spacial score (nSPS) is 19.2. The van der Waals surface area contributed by atoms with Gasteiger partial charge in [-0.25, -0.2) is 4.98 Å². The van der Waals surface area contributed by atoms with Crippen molar-refractivity contribution in [2.24, 2.45) is 5.92 Å². The molecule has 2 heterocycles. The van der Waals surface area contributed by atoms with Gasteiger partial charge in [-0.15, -0.1) is 0 Å². The number of H-pyrrole nitrogens is 1. The standard InChI is InChI=1S/C15H20N4O2/c1-21-15(20)6-10-4-5-19(8-10)9-14-17-12-3-2-11(16)7-13(12)18-14/h2-3,7,10H,4-6,8-9,16H2,1H3,(H,17,18). The van der Waals surface area contributed by atoms with Crippen LogP contribution in [-0.2, 0) is 16.1 Å². The Hall–Kier alpha value is -2.08. The summed E-state index contributed by atoms with van der Waals surface area (Å²) in [4.78, 5) is 21.5. The molecule has 21 heavy (non-hydrogen) atoms. The van der Waals surface area contributed by atoms with Crippen LogP contribution in [0.1, 0.15) is 18.7 Å². The lowest BCUT2D eigenvalue weighted by molar-refractivity contribution is -0.141. The molecule has 6 nitrogen and oxygen atoms in total. The van der Waals surface area contributed by atoms with Crippen molar-refractivity contribution in [3.8, 4) is 0 Å². The number of fused-ring (bicyclic) bond motifs is 1. The SMILES string of the molecule is COC(=O)CC1CCN(Cc2nc3cc(N)ccc3[nH]2)C1. The number of carbonyl (C=O) groups excluding carboxylic acids is 1. The number of ether oxygens (including phenoxy) is 1. The van der Waals surface area contributed by atoms with E-state index in [1.807, 2.05) is 18.2 Å². The van der Waals surface area contributed by atoms with Crippen molar-refractivity contribution in [1.82, 2.24) is 14.9 Å². The van der Waals surface area contributed by atoms with Gasteiger partial charge >= 0.3 is 5.97 Å². The minimum absolute atomic E-state index is 0.124. The molecule has 0 spiro atoms. The molecule has 1 unspecified atom stereocenters. The van der Waals surface area contributed by atoms with E-state index < -0.39 is 0 Å². The topological polar surface area (TPSA) is 84.2 Å². The van der Waals surface area contributed by atoms with Gasteiger partial charge in [-0.3, -0.25) is 9.69 Å². The molecule has 112 valence electrons. The van der Waals surface area contributed by atoms with Gasteiger partial charge in [-0.1, -0.05) is 0 Å². The lowest BCUT2D eigenvalue weighted by Gasteiger charge is -2.13. The van der Waals surface area contributed by atoms with Gasteiger partial charge < -0.3 is 15.5 Å². The Morgan fingerprint density at radius 3 is 3.24 bits per heavy atom. The Kier molecular flexibility index (Phi) is 3.79. The fraction of sp³-hybridized carbons (Fsp3) is 0.467. The molecule has 0 bridgehead atoms. The first-order chi connectivity index (χ1) is 10.1. The van der Waals surface area contributed by atoms with E-state index >= 15 is 0 Å². The summed E-state index contributed by atoms with van der Waals surface area (Å²) in [5, 5.41) is 0. The van der Waals surface area contributed by atoms with Crippen molar-refractivity contribution in [2.75, 3.05) is 25.9 Å². The van der Waals surface area contributed by atoms with Gasteiger partial charge in [0.25, 0.3) is 0 Å². The molecule has 1 aromatic carbocycles. The lowest BCUT2D eigenvalue weighted by atomic mass is 10.1. The number of nitrogen functional groups attached to an aromatic ring is 1. The maximum Gasteiger partial charge on any atom is 0.305 e. The van der Waals surface area contributed by atoms with E-state index in [1.54, 1.807) is 0 Å². The summed E-state index contributed by atoms with van der Waals surface area (Å²) in [6.07, 6.45) is 1.53. The van der Waals surface area contributed by atoms with Crippen molar-refractivity contribution in [3.63, 3.8) is 0 Å². The number of nitrogens with zero attached hydrogens (tertiary/aromatic N) is 2. The van der Waals surface area contributed by atoms with Crippen LogP contribution in [0.4, 0.5) is 5.69 Å². The zero-order valence-corrected chi connectivity index (χ0v) is 12.1. The largest absolute Gasteiger partial charge is 0.469 e. The number of nitrogens with one attached hydrogen (secondary N) is 1. The molecule has 1 aromatic heterocycles. The summed E-state index contributed by atoms with van der Waals surface area (Å²) in [5.74, 6) is 1.20. The highest BCUT2D eigenvalue weighted by Gasteiger charge is 2.25. The summed E-state index contributed by atoms with van der Waals surface area (Å²) in [5.41, 5.74) is 8.39. The molecule has 1 atom stereocenters. The molecule has 1 aliphatic heterocycles. The Balaban J connectivity index is 1.62. The molecule has 0 aliphatic carbocycles. The third kappa shape index (κ3) is 3.16. The molecule has 1 aliphatic rings. The summed E-state index contributed by atoms with van der Waals surface area (Å²) in [6, 6.07) is 5.69. The first-order valence-corrected chi connectivity index (χ1v) is 7.17. The predicted octanol–water partition coefficient (Wildman–Crippen LogP) is 1.53. The third-order valence-electron chi connectivity index (χ3n) is 3.98. The summed E-state index contributed by atoms with van der Waals surface area (Å²) < 4.78 is 4.73. The molecule has 0 saturated carbocycles. The maximum atomic E-state index is 11.3. The number of likely N-dealkylation sites (tertiary alicyclic amines) is 1. The zero-order chi connectivity index (χ0) is 14.8. The summed E-state index contributed by atoms with van der Waals surface area (Å²) in [6.45, 7) is 2.67. The number of aromatic nitrogens is 2. The number of imidazole rings is 1. The number of hydrogen-bond donors (Lipinski definition) is 2. The Labute approximate surface area is 123 Å². The number of benzene rings is 1. The van der Waals surface area contributed by atoms with Crippen molar-refractivity contribution >= 4 is 22.7 Å². The van der Waals surface area contributed by atoms with Crippen LogP contribution >= 0.6 is 0 Å². The van der Waals surface area contributed by atoms with Crippen LogP contribution in [0, 0.1) is 5.92 Å². The molecule has 0 amide bonds. The van der Waals surface area contributed by atoms with E-state index in [4.69, 9.17) is 10.5 Å². The minimum Gasteiger partial charge on any atom is -0.469 e. The first-order valence-electron chi connectivity index (χ1n) is 7.17. The van der Waals surface area contributed by atoms with E-state index in [9.17, 15) is 4.79 Å². The molecule has 0 radical (unpaired) electrons. The average Bonchev–Trinajstić information content (AvgIpc) is 3.05. The van der Waals surface area contributed by atoms with Crippen LogP contribution in [0.25, 0.3) is 11.0 Å². The average molecular weight is 288 g/mol. The lowest BCUT2D eigenvalue weighted by Crippen LogP contribution is -2.21. The Morgan fingerprint density at radius 1 is 1.57 bits per heavy atom. The van der Waals surface area contributed by atoms with E-state index in [1.165, 1.54) is 7.11 Å². The van der Waals surface area contributed by atoms with E-state index in [-0.39, 0.29) is 5.97 Å². The predicted molar refractivity (Wildman–Crippen MR) is 80.5 cm³/mol. The van der Waals surface area contributed by atoms with E-state index in [0.29, 0.717) is 12.3 Å². The van der Waals surface area contributed by atoms with Crippen LogP contribution in [0.3, 0.4) is 0 Å². The van der Waals surface area contributed by atoms with Gasteiger partial charge in [0.05, 0.1) is 24.7 Å². The molecule has 1 saturated heterocycles. The summed E-state index contributed by atoms with van der Waals surface area (Å²) >= 11 is 0. The highest BCUT2D eigenvalue weighted by Crippen LogP contribution is 2.22. The number of anilines is 1. The van der Waals surface area contributed by atoms with E-state index in [2.05, 4.69) is 14.9 Å². The maximum absolute atomic E-state index is 11.3. The van der Waals surface area contributed by atoms with Crippen molar-refractivity contribution in [3.05, 3.63) is 24.0 Å². The van der Waals surface area contributed by atoms with Crippen LogP contribution in [0.5, 0.6) is 0 Å². The Morgan fingerprint density at radius 2 is 2.43 bits per heavy atom. The van der Waals surface area contributed by atoms with Crippen LogP contribution < -0.4 is 5.73 Å². The molecule has 1 fully saturated rings. The van der Waals surface area contributed by atoms with Gasteiger partial charge in [0, 0.05) is 18.7 Å². The second kappa shape index (κ2) is 5.73. The van der Waals surface area contributed by atoms with Gasteiger partial charge in [-0.05, 0) is 37.1 Å². The van der Waals surface area contributed by atoms with Gasteiger partial charge in [0.1, 0.15) is 5.82 Å². The number of nitrogens with two attached hydrogens (primary N) is 1. The van der Waals surface area contributed by atoms with Gasteiger partial charge in [-0.2, -0.15) is 0 Å². The fourth-order valence-electron chi connectivity index (χ4n) is 2.90. The highest BCUT2D eigenvalue weighted by atomic mass is 16.5. The van der Waals surface area contributed by atoms with E-state index in [0.717, 1.165) is 48.6 Å². The highest BCUT2D eigenvalue weighted by molar-refractivity contribution is 5.78. The molecule has 3 rings (SSSR count). The van der Waals surface area contributed by atoms with Crippen LogP contribution in [-0.4, -0.2) is 41.0 Å². The molecular weight excluding hydrogens is 268 g/mol. The second-order valence-corrected chi connectivity index (χ2v) is 5.63.